The summed E-state index contributed by atoms with van der Waals surface area (Å²) in [6.45, 7) is 2.01. The summed E-state index contributed by atoms with van der Waals surface area (Å²) in [5.41, 5.74) is 2.32. The highest BCUT2D eigenvalue weighted by atomic mass is 13.9. The predicted octanol–water partition coefficient (Wildman–Crippen LogP) is 2.72. The zero-order chi connectivity index (χ0) is 8.10. The highest BCUT2D eigenvalue weighted by molar-refractivity contribution is 5.65. The molecule has 0 nitrogen and oxygen atoms in total. The molecule has 0 radical (unpaired) electrons. The van der Waals surface area contributed by atoms with Crippen molar-refractivity contribution in [2.45, 2.75) is 6.92 Å². The highest BCUT2D eigenvalue weighted by Gasteiger charge is 1.89. The van der Waals surface area contributed by atoms with Gasteiger partial charge in [-0.1, -0.05) is 36.3 Å². The number of hydrogen-bond acceptors (Lipinski definition) is 0. The van der Waals surface area contributed by atoms with Gasteiger partial charge in [-0.25, -0.2) is 0 Å². The molecule has 0 amide bonds. The smallest absolute Gasteiger partial charge is 0.00863 e. The van der Waals surface area contributed by atoms with Gasteiger partial charge in [-0.05, 0) is 24.1 Å². The van der Waals surface area contributed by atoms with Gasteiger partial charge in [0.15, 0.2) is 0 Å². The van der Waals surface area contributed by atoms with Crippen LogP contribution in [0.5, 0.6) is 0 Å². The maximum absolute atomic E-state index is 5.14. The number of rotatable bonds is 1. The Morgan fingerprint density at radius 3 is 2.55 bits per heavy atom. The Hall–Kier alpha value is -1.48. The molecule has 1 aromatic rings. The lowest BCUT2D eigenvalue weighted by Gasteiger charge is -1.96. The molecule has 0 unspecified atom stereocenters. The molecule has 11 heavy (non-hydrogen) atoms. The standard InChI is InChI=1S/C11H10/c1-3-7-10(2)11-8-5-4-6-9-11/h1,4-9H,2H3/b10-7-. The van der Waals surface area contributed by atoms with Crippen LogP contribution in [0.15, 0.2) is 36.4 Å². The summed E-state index contributed by atoms with van der Waals surface area (Å²) < 4.78 is 0. The van der Waals surface area contributed by atoms with Crippen molar-refractivity contribution >= 4 is 5.57 Å². The summed E-state index contributed by atoms with van der Waals surface area (Å²) in [5, 5.41) is 0. The van der Waals surface area contributed by atoms with E-state index in [0.717, 1.165) is 5.57 Å². The summed E-state index contributed by atoms with van der Waals surface area (Å²) >= 11 is 0. The lowest BCUT2D eigenvalue weighted by atomic mass is 10.1. The van der Waals surface area contributed by atoms with Gasteiger partial charge in [0.2, 0.25) is 0 Å². The van der Waals surface area contributed by atoms with Crippen LogP contribution >= 0.6 is 0 Å². The van der Waals surface area contributed by atoms with Crippen LogP contribution < -0.4 is 0 Å². The molecule has 0 bridgehead atoms. The van der Waals surface area contributed by atoms with E-state index in [2.05, 4.69) is 5.92 Å². The fourth-order valence-electron chi connectivity index (χ4n) is 0.909. The number of allylic oxidation sites excluding steroid dienone is 2. The molecular formula is C11H10. The second-order valence-electron chi connectivity index (χ2n) is 2.36. The Kier molecular flexibility index (Phi) is 2.52. The maximum Gasteiger partial charge on any atom is -0.00863 e. The van der Waals surface area contributed by atoms with Crippen LogP contribution in [0.1, 0.15) is 12.5 Å². The van der Waals surface area contributed by atoms with Gasteiger partial charge < -0.3 is 0 Å². The molecule has 0 aromatic heterocycles. The molecule has 1 aromatic carbocycles. The molecule has 0 N–H and O–H groups in total. The molecule has 0 saturated heterocycles. The molecule has 0 aliphatic carbocycles. The van der Waals surface area contributed by atoms with Crippen molar-refractivity contribution in [1.82, 2.24) is 0 Å². The second kappa shape index (κ2) is 3.63. The molecule has 0 aliphatic heterocycles. The topological polar surface area (TPSA) is 0 Å². The van der Waals surface area contributed by atoms with Crippen LogP contribution in [0, 0.1) is 12.3 Å². The summed E-state index contributed by atoms with van der Waals surface area (Å²) in [6.07, 6.45) is 6.91. The summed E-state index contributed by atoms with van der Waals surface area (Å²) in [4.78, 5) is 0. The van der Waals surface area contributed by atoms with Crippen molar-refractivity contribution in [2.24, 2.45) is 0 Å². The van der Waals surface area contributed by atoms with E-state index >= 15 is 0 Å². The first-order valence-corrected chi connectivity index (χ1v) is 3.53. The minimum Gasteiger partial charge on any atom is -0.115 e. The Bertz CT molecular complexity index is 286. The van der Waals surface area contributed by atoms with Crippen molar-refractivity contribution in [3.63, 3.8) is 0 Å². The first-order valence-electron chi connectivity index (χ1n) is 3.53. The zero-order valence-electron chi connectivity index (χ0n) is 6.54. The Morgan fingerprint density at radius 1 is 1.36 bits per heavy atom. The van der Waals surface area contributed by atoms with Crippen LogP contribution in [0.25, 0.3) is 5.57 Å². The number of benzene rings is 1. The van der Waals surface area contributed by atoms with Crippen LogP contribution in [0.3, 0.4) is 0 Å². The fraction of sp³-hybridized carbons (Fsp3) is 0.0909. The van der Waals surface area contributed by atoms with E-state index in [-0.39, 0.29) is 0 Å². The minimum absolute atomic E-state index is 1.13. The van der Waals surface area contributed by atoms with Crippen molar-refractivity contribution in [3.05, 3.63) is 42.0 Å². The Balaban J connectivity index is 2.96. The third kappa shape index (κ3) is 1.98. The van der Waals surface area contributed by atoms with Crippen molar-refractivity contribution in [3.8, 4) is 12.3 Å². The molecule has 1 rings (SSSR count). The molecule has 0 saturated carbocycles. The largest absolute Gasteiger partial charge is 0.115 e. The molecular weight excluding hydrogens is 132 g/mol. The monoisotopic (exact) mass is 142 g/mol. The molecule has 0 spiro atoms. The van der Waals surface area contributed by atoms with Crippen LogP contribution in [0.4, 0.5) is 0 Å². The van der Waals surface area contributed by atoms with Gasteiger partial charge in [0.1, 0.15) is 0 Å². The van der Waals surface area contributed by atoms with Gasteiger partial charge in [-0.15, -0.1) is 6.42 Å². The van der Waals surface area contributed by atoms with Crippen LogP contribution in [0.2, 0.25) is 0 Å². The summed E-state index contributed by atoms with van der Waals surface area (Å²) in [6, 6.07) is 10.1. The lowest BCUT2D eigenvalue weighted by Crippen LogP contribution is -1.75. The first kappa shape index (κ1) is 7.63. The zero-order valence-corrected chi connectivity index (χ0v) is 6.54. The number of terminal acetylenes is 1. The first-order chi connectivity index (χ1) is 5.34. The van der Waals surface area contributed by atoms with E-state index in [1.54, 1.807) is 6.08 Å². The average Bonchev–Trinajstić information content (AvgIpc) is 2.07. The predicted molar refractivity (Wildman–Crippen MR) is 48.9 cm³/mol. The average molecular weight is 142 g/mol. The molecule has 0 heteroatoms. The number of hydrogen-bond donors (Lipinski definition) is 0. The van der Waals surface area contributed by atoms with E-state index in [1.165, 1.54) is 5.56 Å². The molecule has 0 atom stereocenters. The van der Waals surface area contributed by atoms with E-state index in [0.29, 0.717) is 0 Å². The molecule has 54 valence electrons. The van der Waals surface area contributed by atoms with Gasteiger partial charge in [-0.2, -0.15) is 0 Å². The lowest BCUT2D eigenvalue weighted by molar-refractivity contribution is 1.57. The third-order valence-corrected chi connectivity index (χ3v) is 1.53. The SMILES string of the molecule is C#C/C=C(/C)c1ccccc1. The maximum atomic E-state index is 5.14. The molecule has 0 aliphatic rings. The second-order valence-corrected chi connectivity index (χ2v) is 2.36. The minimum atomic E-state index is 1.13. The van der Waals surface area contributed by atoms with Crippen molar-refractivity contribution in [2.75, 3.05) is 0 Å². The van der Waals surface area contributed by atoms with E-state index in [9.17, 15) is 0 Å². The van der Waals surface area contributed by atoms with Crippen LogP contribution in [-0.4, -0.2) is 0 Å². The third-order valence-electron chi connectivity index (χ3n) is 1.53. The quantitative estimate of drug-likeness (QED) is 0.529. The van der Waals surface area contributed by atoms with Gasteiger partial charge in [0, 0.05) is 0 Å². The molecule has 0 fully saturated rings. The van der Waals surface area contributed by atoms with Gasteiger partial charge in [-0.3, -0.25) is 0 Å². The van der Waals surface area contributed by atoms with Crippen LogP contribution in [-0.2, 0) is 0 Å². The molecule has 0 heterocycles. The normalized spacial score (nSPS) is 10.7. The summed E-state index contributed by atoms with van der Waals surface area (Å²) in [5.74, 6) is 2.50. The Labute approximate surface area is 67.6 Å². The Morgan fingerprint density at radius 2 is 2.00 bits per heavy atom. The van der Waals surface area contributed by atoms with Gasteiger partial charge in [0.25, 0.3) is 0 Å². The van der Waals surface area contributed by atoms with E-state index < -0.39 is 0 Å². The van der Waals surface area contributed by atoms with Crippen molar-refractivity contribution < 1.29 is 0 Å². The summed E-state index contributed by atoms with van der Waals surface area (Å²) in [7, 11) is 0. The van der Waals surface area contributed by atoms with E-state index in [4.69, 9.17) is 6.42 Å². The highest BCUT2D eigenvalue weighted by Crippen LogP contribution is 2.11. The van der Waals surface area contributed by atoms with Crippen molar-refractivity contribution in [1.29, 1.82) is 0 Å². The fourth-order valence-corrected chi connectivity index (χ4v) is 0.909. The van der Waals surface area contributed by atoms with E-state index in [1.807, 2.05) is 37.3 Å². The van der Waals surface area contributed by atoms with Gasteiger partial charge in [0.05, 0.1) is 0 Å². The van der Waals surface area contributed by atoms with Gasteiger partial charge >= 0.3 is 0 Å².